The normalized spacial score (nSPS) is 14.8. The van der Waals surface area contributed by atoms with Gasteiger partial charge in [0.15, 0.2) is 11.6 Å². The fraction of sp³-hybridized carbons (Fsp3) is 0.250. The van der Waals surface area contributed by atoms with Crippen molar-refractivity contribution in [2.24, 2.45) is 0 Å². The zero-order valence-corrected chi connectivity index (χ0v) is 15.4. The van der Waals surface area contributed by atoms with Gasteiger partial charge in [-0.05, 0) is 49.1 Å². The van der Waals surface area contributed by atoms with Crippen LogP contribution in [0.5, 0.6) is 5.75 Å². The Bertz CT molecular complexity index is 982. The summed E-state index contributed by atoms with van der Waals surface area (Å²) in [6.45, 7) is 0. The average Bonchev–Trinajstić information content (AvgIpc) is 3.13. The molecule has 2 N–H and O–H groups in total. The number of nitrogens with zero attached hydrogens (tertiary/aromatic N) is 3. The average molecular weight is 381 g/mol. The number of anilines is 1. The molecule has 1 aliphatic rings. The molecule has 4 rings (SSSR count). The summed E-state index contributed by atoms with van der Waals surface area (Å²) in [5.41, 5.74) is 0.619. The minimum Gasteiger partial charge on any atom is -0.497 e. The number of benzene rings is 1. The van der Waals surface area contributed by atoms with Crippen LogP contribution in [0.2, 0.25) is 0 Å². The number of halogens is 1. The summed E-state index contributed by atoms with van der Waals surface area (Å²) in [7, 11) is 1.62. The molecule has 28 heavy (non-hydrogen) atoms. The molecule has 0 radical (unpaired) electrons. The van der Waals surface area contributed by atoms with Crippen molar-refractivity contribution < 1.29 is 13.9 Å². The van der Waals surface area contributed by atoms with Crippen molar-refractivity contribution in [3.8, 4) is 11.6 Å². The van der Waals surface area contributed by atoms with E-state index in [0.29, 0.717) is 11.6 Å². The van der Waals surface area contributed by atoms with Gasteiger partial charge in [0.1, 0.15) is 11.6 Å². The van der Waals surface area contributed by atoms with E-state index in [2.05, 4.69) is 20.7 Å². The highest BCUT2D eigenvalue weighted by Gasteiger charge is 2.40. The van der Waals surface area contributed by atoms with Gasteiger partial charge in [-0.15, -0.1) is 5.10 Å². The van der Waals surface area contributed by atoms with Crippen molar-refractivity contribution in [2.45, 2.75) is 24.8 Å². The number of hydrogen-bond donors (Lipinski definition) is 2. The lowest BCUT2D eigenvalue weighted by Crippen LogP contribution is -2.52. The number of rotatable bonds is 5. The molecule has 1 aromatic carbocycles. The summed E-state index contributed by atoms with van der Waals surface area (Å²) in [5.74, 6) is 1.18. The highest BCUT2D eigenvalue weighted by atomic mass is 19.1. The van der Waals surface area contributed by atoms with Crippen molar-refractivity contribution in [1.82, 2.24) is 20.1 Å². The second-order valence-electron chi connectivity index (χ2n) is 6.73. The third-order valence-electron chi connectivity index (χ3n) is 4.96. The molecule has 0 bridgehead atoms. The maximum atomic E-state index is 13.0. The first-order valence-corrected chi connectivity index (χ1v) is 8.99. The fourth-order valence-corrected chi connectivity index (χ4v) is 3.32. The molecule has 2 heterocycles. The molecule has 0 atom stereocenters. The van der Waals surface area contributed by atoms with Crippen molar-refractivity contribution in [3.63, 3.8) is 0 Å². The Morgan fingerprint density at radius 1 is 1.25 bits per heavy atom. The highest BCUT2D eigenvalue weighted by molar-refractivity contribution is 5.89. The number of ether oxygens (including phenoxy) is 1. The van der Waals surface area contributed by atoms with Crippen molar-refractivity contribution in [1.29, 1.82) is 0 Å². The van der Waals surface area contributed by atoms with E-state index < -0.39 is 11.4 Å². The molecule has 0 spiro atoms. The summed E-state index contributed by atoms with van der Waals surface area (Å²) in [6.07, 6.45) is 5.54. The predicted molar refractivity (Wildman–Crippen MR) is 102 cm³/mol. The maximum absolute atomic E-state index is 13.0. The number of hydrogen-bond acceptors (Lipinski definition) is 4. The molecule has 1 aliphatic carbocycles. The largest absolute Gasteiger partial charge is 0.497 e. The van der Waals surface area contributed by atoms with Crippen LogP contribution in [0.25, 0.3) is 5.82 Å². The molecule has 3 aromatic rings. The van der Waals surface area contributed by atoms with Crippen LogP contribution in [0.1, 0.15) is 24.8 Å². The van der Waals surface area contributed by atoms with E-state index in [1.165, 1.54) is 16.8 Å². The number of carbonyl (C=O) groups is 1. The summed E-state index contributed by atoms with van der Waals surface area (Å²) < 4.78 is 19.8. The van der Waals surface area contributed by atoms with Crippen LogP contribution in [-0.2, 0) is 5.54 Å². The summed E-state index contributed by atoms with van der Waals surface area (Å²) in [5, 5.41) is 10.1. The Labute approximate surface area is 161 Å². The molecule has 0 unspecified atom stereocenters. The third-order valence-corrected chi connectivity index (χ3v) is 4.96. The first-order chi connectivity index (χ1) is 13.6. The quantitative estimate of drug-likeness (QED) is 0.707. The first kappa shape index (κ1) is 18.0. The zero-order valence-electron chi connectivity index (χ0n) is 15.4. The maximum Gasteiger partial charge on any atom is 0.321 e. The van der Waals surface area contributed by atoms with Crippen LogP contribution in [0, 0.1) is 5.82 Å². The zero-order chi connectivity index (χ0) is 19.6. The van der Waals surface area contributed by atoms with Crippen LogP contribution >= 0.6 is 0 Å². The lowest BCUT2D eigenvalue weighted by atomic mass is 9.72. The van der Waals surface area contributed by atoms with E-state index in [0.717, 1.165) is 36.8 Å². The van der Waals surface area contributed by atoms with Gasteiger partial charge in [0.05, 0.1) is 18.8 Å². The Morgan fingerprint density at radius 3 is 2.79 bits per heavy atom. The van der Waals surface area contributed by atoms with Gasteiger partial charge in [0, 0.05) is 12.3 Å². The van der Waals surface area contributed by atoms with Crippen LogP contribution in [-0.4, -0.2) is 27.9 Å². The topological polar surface area (TPSA) is 81.1 Å². The molecular formula is C20H20FN5O2. The number of pyridine rings is 1. The number of carbonyl (C=O) groups excluding carboxylic acids is 1. The molecule has 2 amide bonds. The van der Waals surface area contributed by atoms with Gasteiger partial charge in [0.2, 0.25) is 0 Å². The van der Waals surface area contributed by atoms with Gasteiger partial charge in [-0.25, -0.2) is 18.9 Å². The van der Waals surface area contributed by atoms with Gasteiger partial charge in [-0.2, -0.15) is 0 Å². The molecule has 0 saturated heterocycles. The number of methoxy groups -OCH3 is 1. The minimum absolute atomic E-state index is 0.333. The van der Waals surface area contributed by atoms with E-state index in [4.69, 9.17) is 4.74 Å². The van der Waals surface area contributed by atoms with E-state index in [1.807, 2.05) is 24.3 Å². The summed E-state index contributed by atoms with van der Waals surface area (Å²) in [6, 6.07) is 11.9. The number of amides is 2. The van der Waals surface area contributed by atoms with Crippen molar-refractivity contribution >= 4 is 11.8 Å². The van der Waals surface area contributed by atoms with Gasteiger partial charge in [-0.1, -0.05) is 12.1 Å². The van der Waals surface area contributed by atoms with E-state index >= 15 is 0 Å². The second-order valence-corrected chi connectivity index (χ2v) is 6.73. The van der Waals surface area contributed by atoms with Crippen LogP contribution in [0.3, 0.4) is 0 Å². The Morgan fingerprint density at radius 2 is 2.11 bits per heavy atom. The molecule has 8 heteroatoms. The molecule has 144 valence electrons. The Kier molecular flexibility index (Phi) is 4.68. The number of aromatic nitrogens is 3. The third kappa shape index (κ3) is 3.53. The summed E-state index contributed by atoms with van der Waals surface area (Å²) >= 11 is 0. The van der Waals surface area contributed by atoms with E-state index in [-0.39, 0.29) is 6.03 Å². The van der Waals surface area contributed by atoms with E-state index in [1.54, 1.807) is 19.4 Å². The van der Waals surface area contributed by atoms with Gasteiger partial charge in [-0.3, -0.25) is 5.32 Å². The molecule has 2 aromatic heterocycles. The van der Waals surface area contributed by atoms with Crippen LogP contribution < -0.4 is 15.4 Å². The van der Waals surface area contributed by atoms with Gasteiger partial charge in [0.25, 0.3) is 0 Å². The van der Waals surface area contributed by atoms with Gasteiger partial charge >= 0.3 is 6.03 Å². The molecular weight excluding hydrogens is 361 g/mol. The first-order valence-electron chi connectivity index (χ1n) is 8.99. The summed E-state index contributed by atoms with van der Waals surface area (Å²) in [4.78, 5) is 16.5. The molecule has 0 aliphatic heterocycles. The van der Waals surface area contributed by atoms with Gasteiger partial charge < -0.3 is 10.1 Å². The van der Waals surface area contributed by atoms with Crippen molar-refractivity contribution in [2.75, 3.05) is 12.4 Å². The van der Waals surface area contributed by atoms with Crippen LogP contribution in [0.4, 0.5) is 15.0 Å². The smallest absolute Gasteiger partial charge is 0.321 e. The van der Waals surface area contributed by atoms with Crippen LogP contribution in [0.15, 0.2) is 54.9 Å². The Hall–Kier alpha value is -3.42. The predicted octanol–water partition coefficient (Wildman–Crippen LogP) is 3.62. The Balaban J connectivity index is 1.46. The monoisotopic (exact) mass is 381 g/mol. The molecule has 7 nitrogen and oxygen atoms in total. The SMILES string of the molecule is COc1cccc(C2(NC(=O)Nc3ccn(-c4ccc(F)cn4)n3)CCC2)c1. The molecule has 1 fully saturated rings. The lowest BCUT2D eigenvalue weighted by Gasteiger charge is -2.43. The highest BCUT2D eigenvalue weighted by Crippen LogP contribution is 2.42. The molecule has 1 saturated carbocycles. The second kappa shape index (κ2) is 7.30. The van der Waals surface area contributed by atoms with E-state index in [9.17, 15) is 9.18 Å². The minimum atomic E-state index is -0.419. The number of nitrogens with one attached hydrogen (secondary N) is 2. The lowest BCUT2D eigenvalue weighted by molar-refractivity contribution is 0.184. The fourth-order valence-electron chi connectivity index (χ4n) is 3.32. The number of urea groups is 1. The van der Waals surface area contributed by atoms with Crippen molar-refractivity contribution in [3.05, 3.63) is 66.2 Å². The standard InChI is InChI=1S/C20H20FN5O2/c1-28-16-5-2-4-14(12-16)20(9-3-10-20)24-19(27)23-17-8-11-26(25-17)18-7-6-15(21)13-22-18/h2,4-8,11-13H,3,9-10H2,1H3,(H2,23,24,25,27).